The molecule has 0 aliphatic carbocycles. The zero-order valence-corrected chi connectivity index (χ0v) is 15.6. The van der Waals surface area contributed by atoms with Crippen molar-refractivity contribution in [2.45, 2.75) is 11.4 Å². The van der Waals surface area contributed by atoms with Gasteiger partial charge in [0.25, 0.3) is 5.91 Å². The van der Waals surface area contributed by atoms with Gasteiger partial charge in [0, 0.05) is 11.3 Å². The van der Waals surface area contributed by atoms with E-state index in [-0.39, 0.29) is 22.8 Å². The number of anilines is 1. The standard InChI is InChI=1S/C19H17FN2O5S/c1-26-18-9-4-13(11-17(18)20)19(23)22-14-5-7-16(8-6-14)28(24,25)21-12-15-3-2-10-27-15/h2-11,21H,12H2,1H3,(H,22,23). The van der Waals surface area contributed by atoms with Gasteiger partial charge in [-0.2, -0.15) is 0 Å². The van der Waals surface area contributed by atoms with Crippen LogP contribution in [0.4, 0.5) is 10.1 Å². The number of hydrogen-bond donors (Lipinski definition) is 2. The number of benzene rings is 2. The van der Waals surface area contributed by atoms with E-state index < -0.39 is 21.7 Å². The average Bonchev–Trinajstić information content (AvgIpc) is 3.20. The molecule has 0 aliphatic rings. The Labute approximate surface area is 161 Å². The molecule has 1 aromatic heterocycles. The van der Waals surface area contributed by atoms with E-state index in [1.807, 2.05) is 0 Å². The van der Waals surface area contributed by atoms with Crippen LogP contribution in [0.5, 0.6) is 5.75 Å². The molecule has 0 saturated carbocycles. The highest BCUT2D eigenvalue weighted by Gasteiger charge is 2.15. The first-order valence-corrected chi connectivity index (χ1v) is 9.64. The van der Waals surface area contributed by atoms with Crippen LogP contribution < -0.4 is 14.8 Å². The van der Waals surface area contributed by atoms with Gasteiger partial charge in [-0.15, -0.1) is 0 Å². The lowest BCUT2D eigenvalue weighted by Gasteiger charge is -2.09. The van der Waals surface area contributed by atoms with Crippen molar-refractivity contribution in [2.24, 2.45) is 0 Å². The molecule has 0 atom stereocenters. The average molecular weight is 404 g/mol. The fourth-order valence-corrected chi connectivity index (χ4v) is 3.38. The van der Waals surface area contributed by atoms with Gasteiger partial charge in [0.05, 0.1) is 24.8 Å². The topological polar surface area (TPSA) is 97.6 Å². The third-order valence-electron chi connectivity index (χ3n) is 3.85. The van der Waals surface area contributed by atoms with E-state index in [0.29, 0.717) is 11.4 Å². The molecule has 146 valence electrons. The Morgan fingerprint density at radius 3 is 2.50 bits per heavy atom. The second-order valence-corrected chi connectivity index (χ2v) is 7.50. The lowest BCUT2D eigenvalue weighted by molar-refractivity contribution is 0.102. The summed E-state index contributed by atoms with van der Waals surface area (Å²) in [6.07, 6.45) is 1.45. The smallest absolute Gasteiger partial charge is 0.255 e. The third kappa shape index (κ3) is 4.56. The molecule has 0 unspecified atom stereocenters. The minimum atomic E-state index is -3.73. The van der Waals surface area contributed by atoms with Crippen LogP contribution in [-0.2, 0) is 16.6 Å². The number of sulfonamides is 1. The zero-order valence-electron chi connectivity index (χ0n) is 14.8. The molecule has 7 nitrogen and oxygen atoms in total. The molecule has 0 spiro atoms. The van der Waals surface area contributed by atoms with Gasteiger partial charge in [0.1, 0.15) is 5.76 Å². The lowest BCUT2D eigenvalue weighted by atomic mass is 10.2. The molecule has 2 N–H and O–H groups in total. The second kappa shape index (κ2) is 8.24. The minimum absolute atomic E-state index is 0.0247. The molecule has 0 aliphatic heterocycles. The summed E-state index contributed by atoms with van der Waals surface area (Å²) >= 11 is 0. The summed E-state index contributed by atoms with van der Waals surface area (Å²) in [4.78, 5) is 12.3. The number of methoxy groups -OCH3 is 1. The Balaban J connectivity index is 1.66. The summed E-state index contributed by atoms with van der Waals surface area (Å²) in [5, 5.41) is 2.58. The van der Waals surface area contributed by atoms with E-state index in [1.54, 1.807) is 12.1 Å². The van der Waals surface area contributed by atoms with Gasteiger partial charge in [0.2, 0.25) is 10.0 Å². The van der Waals surface area contributed by atoms with Gasteiger partial charge >= 0.3 is 0 Å². The normalized spacial score (nSPS) is 11.2. The number of rotatable bonds is 7. The van der Waals surface area contributed by atoms with Crippen LogP contribution >= 0.6 is 0 Å². The predicted molar refractivity (Wildman–Crippen MR) is 100 cm³/mol. The van der Waals surface area contributed by atoms with Crippen molar-refractivity contribution < 1.29 is 26.8 Å². The fraction of sp³-hybridized carbons (Fsp3) is 0.105. The first-order chi connectivity index (χ1) is 13.4. The van der Waals surface area contributed by atoms with Crippen LogP contribution in [0.2, 0.25) is 0 Å². The van der Waals surface area contributed by atoms with Crippen LogP contribution in [0, 0.1) is 5.82 Å². The maximum absolute atomic E-state index is 13.7. The molecule has 0 bridgehead atoms. The van der Waals surface area contributed by atoms with Gasteiger partial charge in [-0.25, -0.2) is 17.5 Å². The molecule has 9 heteroatoms. The summed E-state index contributed by atoms with van der Waals surface area (Å²) < 4.78 is 50.6. The Morgan fingerprint density at radius 1 is 1.14 bits per heavy atom. The molecule has 0 saturated heterocycles. The first-order valence-electron chi connectivity index (χ1n) is 8.16. The molecule has 3 rings (SSSR count). The van der Waals surface area contributed by atoms with E-state index >= 15 is 0 Å². The quantitative estimate of drug-likeness (QED) is 0.630. The van der Waals surface area contributed by atoms with E-state index in [2.05, 4.69) is 10.0 Å². The van der Waals surface area contributed by atoms with Gasteiger partial charge in [0.15, 0.2) is 11.6 Å². The third-order valence-corrected chi connectivity index (χ3v) is 5.27. The summed E-state index contributed by atoms with van der Waals surface area (Å²) in [7, 11) is -2.40. The van der Waals surface area contributed by atoms with E-state index in [4.69, 9.17) is 9.15 Å². The number of carbonyl (C=O) groups excluding carboxylic acids is 1. The number of furan rings is 1. The number of carbonyl (C=O) groups is 1. The number of amides is 1. The number of nitrogens with one attached hydrogen (secondary N) is 2. The Morgan fingerprint density at radius 2 is 1.89 bits per heavy atom. The van der Waals surface area contributed by atoms with Crippen molar-refractivity contribution in [1.29, 1.82) is 0 Å². The highest BCUT2D eigenvalue weighted by atomic mass is 32.2. The highest BCUT2D eigenvalue weighted by molar-refractivity contribution is 7.89. The van der Waals surface area contributed by atoms with Crippen LogP contribution in [-0.4, -0.2) is 21.4 Å². The van der Waals surface area contributed by atoms with E-state index in [9.17, 15) is 17.6 Å². The Bertz CT molecular complexity index is 1060. The molecular weight excluding hydrogens is 387 g/mol. The molecule has 28 heavy (non-hydrogen) atoms. The molecule has 0 radical (unpaired) electrons. The van der Waals surface area contributed by atoms with Crippen molar-refractivity contribution in [1.82, 2.24) is 4.72 Å². The van der Waals surface area contributed by atoms with Crippen LogP contribution in [0.1, 0.15) is 16.1 Å². The lowest BCUT2D eigenvalue weighted by Crippen LogP contribution is -2.23. The van der Waals surface area contributed by atoms with Crippen LogP contribution in [0.3, 0.4) is 0 Å². The number of halogens is 1. The summed E-state index contributed by atoms with van der Waals surface area (Å²) in [5.74, 6) is -0.667. The first kappa shape index (κ1) is 19.6. The van der Waals surface area contributed by atoms with Gasteiger partial charge in [-0.3, -0.25) is 4.79 Å². The second-order valence-electron chi connectivity index (χ2n) is 5.73. The van der Waals surface area contributed by atoms with Crippen molar-refractivity contribution in [3.8, 4) is 5.75 Å². The van der Waals surface area contributed by atoms with E-state index in [0.717, 1.165) is 6.07 Å². The molecule has 1 amide bonds. The minimum Gasteiger partial charge on any atom is -0.494 e. The Hall–Kier alpha value is -3.17. The van der Waals surface area contributed by atoms with Crippen molar-refractivity contribution in [3.63, 3.8) is 0 Å². The predicted octanol–water partition coefficient (Wildman–Crippen LogP) is 3.16. The zero-order chi connectivity index (χ0) is 20.1. The number of hydrogen-bond acceptors (Lipinski definition) is 5. The Kier molecular flexibility index (Phi) is 5.76. The van der Waals surface area contributed by atoms with Gasteiger partial charge in [-0.05, 0) is 54.6 Å². The van der Waals surface area contributed by atoms with E-state index in [1.165, 1.54) is 49.8 Å². The maximum atomic E-state index is 13.7. The molecular formula is C19H17FN2O5S. The molecule has 0 fully saturated rings. The largest absolute Gasteiger partial charge is 0.494 e. The monoisotopic (exact) mass is 404 g/mol. The summed E-state index contributed by atoms with van der Waals surface area (Å²) in [5.41, 5.74) is 0.473. The molecule has 2 aromatic carbocycles. The maximum Gasteiger partial charge on any atom is 0.255 e. The van der Waals surface area contributed by atoms with Crippen LogP contribution in [0.25, 0.3) is 0 Å². The van der Waals surface area contributed by atoms with Gasteiger partial charge in [-0.1, -0.05) is 0 Å². The molecule has 1 heterocycles. The van der Waals surface area contributed by atoms with Gasteiger partial charge < -0.3 is 14.5 Å². The highest BCUT2D eigenvalue weighted by Crippen LogP contribution is 2.19. The fourth-order valence-electron chi connectivity index (χ4n) is 2.39. The molecule has 3 aromatic rings. The van der Waals surface area contributed by atoms with Crippen molar-refractivity contribution in [3.05, 3.63) is 78.0 Å². The summed E-state index contributed by atoms with van der Waals surface area (Å²) in [6.45, 7) is 0.0247. The van der Waals surface area contributed by atoms with Crippen molar-refractivity contribution >= 4 is 21.6 Å². The van der Waals surface area contributed by atoms with Crippen LogP contribution in [0.15, 0.2) is 70.2 Å². The summed E-state index contributed by atoms with van der Waals surface area (Å²) in [6, 6.07) is 12.8. The number of ether oxygens (including phenoxy) is 1. The van der Waals surface area contributed by atoms with Crippen molar-refractivity contribution in [2.75, 3.05) is 12.4 Å². The SMILES string of the molecule is COc1ccc(C(=O)Nc2ccc(S(=O)(=O)NCc3ccco3)cc2)cc1F.